The average molecular weight is 277 g/mol. The summed E-state index contributed by atoms with van der Waals surface area (Å²) < 4.78 is 5.30. The van der Waals surface area contributed by atoms with Gasteiger partial charge in [-0.3, -0.25) is 0 Å². The van der Waals surface area contributed by atoms with Crippen LogP contribution in [0.1, 0.15) is 21.1 Å². The predicted octanol–water partition coefficient (Wildman–Crippen LogP) is 2.91. The number of rotatable bonds is 5. The number of aliphatic hydroxyl groups excluding tert-OH is 1. The molecule has 0 bridgehead atoms. The molecule has 2 rings (SSSR count). The summed E-state index contributed by atoms with van der Waals surface area (Å²) in [5, 5.41) is 11.2. The monoisotopic (exact) mass is 277 g/mol. The maximum atomic E-state index is 10.2. The Morgan fingerprint density at radius 2 is 2.00 bits per heavy atom. The van der Waals surface area contributed by atoms with Crippen molar-refractivity contribution in [2.24, 2.45) is 0 Å². The van der Waals surface area contributed by atoms with Gasteiger partial charge in [0.05, 0.1) is 23.9 Å². The van der Waals surface area contributed by atoms with Crippen LogP contribution in [0.2, 0.25) is 0 Å². The lowest BCUT2D eigenvalue weighted by Crippen LogP contribution is -2.14. The first-order chi connectivity index (χ1) is 9.10. The van der Waals surface area contributed by atoms with Crippen LogP contribution in [0.25, 0.3) is 0 Å². The second-order valence-corrected chi connectivity index (χ2v) is 5.91. The van der Waals surface area contributed by atoms with Gasteiger partial charge >= 0.3 is 0 Å². The molecule has 0 radical (unpaired) electrons. The van der Waals surface area contributed by atoms with E-state index in [2.05, 4.69) is 11.9 Å². The summed E-state index contributed by atoms with van der Waals surface area (Å²) in [5.41, 5.74) is 2.09. The molecule has 1 aromatic heterocycles. The highest BCUT2D eigenvalue weighted by Crippen LogP contribution is 2.22. The van der Waals surface area contributed by atoms with Crippen molar-refractivity contribution >= 4 is 11.3 Å². The molecule has 102 valence electrons. The Morgan fingerprint density at radius 1 is 1.26 bits per heavy atom. The molecule has 0 aliphatic rings. The largest absolute Gasteiger partial charge is 0.496 e. The summed E-state index contributed by atoms with van der Waals surface area (Å²) in [5.74, 6) is 0.827. The first kappa shape index (κ1) is 14.0. The van der Waals surface area contributed by atoms with Gasteiger partial charge in [0.1, 0.15) is 5.75 Å². The number of hydrogen-bond donors (Lipinski definition) is 1. The SMILES string of the molecule is COc1ccccc1CC(O)Cc1nc(C)c(C)s1. The maximum absolute atomic E-state index is 10.2. The highest BCUT2D eigenvalue weighted by Gasteiger charge is 2.13. The molecule has 1 heterocycles. The molecule has 0 aliphatic heterocycles. The lowest BCUT2D eigenvalue weighted by molar-refractivity contribution is 0.174. The molecule has 1 unspecified atom stereocenters. The van der Waals surface area contributed by atoms with E-state index in [9.17, 15) is 5.11 Å². The summed E-state index contributed by atoms with van der Waals surface area (Å²) in [6, 6.07) is 7.80. The number of aromatic nitrogens is 1. The molecule has 2 aromatic rings. The van der Waals surface area contributed by atoms with Crippen LogP contribution in [0.4, 0.5) is 0 Å². The van der Waals surface area contributed by atoms with Gasteiger partial charge in [-0.15, -0.1) is 11.3 Å². The smallest absolute Gasteiger partial charge is 0.122 e. The van der Waals surface area contributed by atoms with Crippen molar-refractivity contribution in [3.05, 3.63) is 45.4 Å². The molecule has 3 nitrogen and oxygen atoms in total. The average Bonchev–Trinajstić information content (AvgIpc) is 2.68. The van der Waals surface area contributed by atoms with Crippen LogP contribution in [0.15, 0.2) is 24.3 Å². The zero-order chi connectivity index (χ0) is 13.8. The van der Waals surface area contributed by atoms with Gasteiger partial charge < -0.3 is 9.84 Å². The fraction of sp³-hybridized carbons (Fsp3) is 0.400. The van der Waals surface area contributed by atoms with Crippen LogP contribution < -0.4 is 4.74 Å². The van der Waals surface area contributed by atoms with E-state index in [1.807, 2.05) is 31.2 Å². The summed E-state index contributed by atoms with van der Waals surface area (Å²) in [4.78, 5) is 5.68. The van der Waals surface area contributed by atoms with Crippen molar-refractivity contribution in [3.8, 4) is 5.75 Å². The quantitative estimate of drug-likeness (QED) is 0.913. The molecule has 4 heteroatoms. The van der Waals surface area contributed by atoms with Crippen LogP contribution >= 0.6 is 11.3 Å². The molecule has 0 saturated heterocycles. The van der Waals surface area contributed by atoms with Crippen LogP contribution in [0.3, 0.4) is 0 Å². The Bertz CT molecular complexity index is 531. The lowest BCUT2D eigenvalue weighted by atomic mass is 10.0. The Morgan fingerprint density at radius 3 is 2.63 bits per heavy atom. The van der Waals surface area contributed by atoms with E-state index in [4.69, 9.17) is 4.74 Å². The number of thiazole rings is 1. The fourth-order valence-electron chi connectivity index (χ4n) is 2.03. The minimum atomic E-state index is -0.429. The third kappa shape index (κ3) is 3.55. The molecule has 1 atom stereocenters. The highest BCUT2D eigenvalue weighted by atomic mass is 32.1. The van der Waals surface area contributed by atoms with E-state index in [1.165, 1.54) is 4.88 Å². The van der Waals surface area contributed by atoms with Gasteiger partial charge in [-0.2, -0.15) is 0 Å². The molecule has 19 heavy (non-hydrogen) atoms. The minimum absolute atomic E-state index is 0.429. The van der Waals surface area contributed by atoms with Crippen molar-refractivity contribution in [2.75, 3.05) is 7.11 Å². The van der Waals surface area contributed by atoms with E-state index in [-0.39, 0.29) is 0 Å². The first-order valence-corrected chi connectivity index (χ1v) is 7.14. The Labute approximate surface area is 117 Å². The molecule has 0 amide bonds. The van der Waals surface area contributed by atoms with Gasteiger partial charge in [-0.25, -0.2) is 4.98 Å². The predicted molar refractivity (Wildman–Crippen MR) is 78.0 cm³/mol. The Kier molecular flexibility index (Phi) is 4.56. The van der Waals surface area contributed by atoms with Gasteiger partial charge in [-0.05, 0) is 25.5 Å². The number of para-hydroxylation sites is 1. The van der Waals surface area contributed by atoms with Gasteiger partial charge in [0.2, 0.25) is 0 Å². The number of methoxy groups -OCH3 is 1. The van der Waals surface area contributed by atoms with E-state index < -0.39 is 6.10 Å². The zero-order valence-electron chi connectivity index (χ0n) is 11.5. The van der Waals surface area contributed by atoms with Crippen LogP contribution in [-0.4, -0.2) is 23.3 Å². The number of hydrogen-bond acceptors (Lipinski definition) is 4. The minimum Gasteiger partial charge on any atom is -0.496 e. The van der Waals surface area contributed by atoms with Gasteiger partial charge in [0.25, 0.3) is 0 Å². The number of ether oxygens (including phenoxy) is 1. The summed E-state index contributed by atoms with van der Waals surface area (Å²) in [6.45, 7) is 4.06. The molecular formula is C15H19NO2S. The summed E-state index contributed by atoms with van der Waals surface area (Å²) >= 11 is 1.66. The van der Waals surface area contributed by atoms with Crippen molar-refractivity contribution in [3.63, 3.8) is 0 Å². The van der Waals surface area contributed by atoms with Gasteiger partial charge in [0, 0.05) is 17.7 Å². The molecule has 0 spiro atoms. The highest BCUT2D eigenvalue weighted by molar-refractivity contribution is 7.11. The molecule has 1 N–H and O–H groups in total. The third-order valence-corrected chi connectivity index (χ3v) is 4.23. The normalized spacial score (nSPS) is 12.4. The number of aryl methyl sites for hydroxylation is 2. The van der Waals surface area contributed by atoms with Gasteiger partial charge in [0.15, 0.2) is 0 Å². The molecule has 0 fully saturated rings. The summed E-state index contributed by atoms with van der Waals surface area (Å²) in [7, 11) is 1.65. The molecular weight excluding hydrogens is 258 g/mol. The van der Waals surface area contributed by atoms with Crippen LogP contribution in [-0.2, 0) is 12.8 Å². The molecule has 1 aromatic carbocycles. The van der Waals surface area contributed by atoms with Crippen molar-refractivity contribution < 1.29 is 9.84 Å². The fourth-order valence-corrected chi connectivity index (χ4v) is 3.03. The van der Waals surface area contributed by atoms with Crippen LogP contribution in [0.5, 0.6) is 5.75 Å². The van der Waals surface area contributed by atoms with Crippen molar-refractivity contribution in [1.29, 1.82) is 0 Å². The Balaban J connectivity index is 2.03. The lowest BCUT2D eigenvalue weighted by Gasteiger charge is -2.12. The number of nitrogens with zero attached hydrogens (tertiary/aromatic N) is 1. The summed E-state index contributed by atoms with van der Waals surface area (Å²) in [6.07, 6.45) is 0.750. The van der Waals surface area contributed by atoms with E-state index in [1.54, 1.807) is 18.4 Å². The van der Waals surface area contributed by atoms with Crippen molar-refractivity contribution in [2.45, 2.75) is 32.8 Å². The van der Waals surface area contributed by atoms with E-state index >= 15 is 0 Å². The number of benzene rings is 1. The second-order valence-electron chi connectivity index (χ2n) is 4.62. The zero-order valence-corrected chi connectivity index (χ0v) is 12.3. The van der Waals surface area contributed by atoms with Gasteiger partial charge in [-0.1, -0.05) is 18.2 Å². The maximum Gasteiger partial charge on any atom is 0.122 e. The molecule has 0 saturated carbocycles. The second kappa shape index (κ2) is 6.17. The van der Waals surface area contributed by atoms with E-state index in [0.717, 1.165) is 22.0 Å². The number of aliphatic hydroxyl groups is 1. The van der Waals surface area contributed by atoms with Crippen LogP contribution in [0, 0.1) is 13.8 Å². The first-order valence-electron chi connectivity index (χ1n) is 6.33. The van der Waals surface area contributed by atoms with Crippen molar-refractivity contribution in [1.82, 2.24) is 4.98 Å². The molecule has 0 aliphatic carbocycles. The van der Waals surface area contributed by atoms with E-state index in [0.29, 0.717) is 12.8 Å². The topological polar surface area (TPSA) is 42.4 Å². The third-order valence-electron chi connectivity index (χ3n) is 3.13. The standard InChI is InChI=1S/C15H19NO2S/c1-10-11(2)19-15(16-10)9-13(17)8-12-6-4-5-7-14(12)18-3/h4-7,13,17H,8-9H2,1-3H3. The Hall–Kier alpha value is -1.39.